The van der Waals surface area contributed by atoms with Crippen LogP contribution in [-0.2, 0) is 11.3 Å². The number of nitrogens with one attached hydrogen (secondary N) is 2. The topological polar surface area (TPSA) is 122 Å². The van der Waals surface area contributed by atoms with Gasteiger partial charge in [0.05, 0.1) is 24.3 Å². The number of aliphatic hydroxyl groups excluding tert-OH is 1. The van der Waals surface area contributed by atoms with E-state index in [1.54, 1.807) is 0 Å². The SMILES string of the molecule is COC(=O)Oc1c(OCc2c(F)cc(Cl)c(F)c2F)nsc1NC(=O)NCCCCN1CCCC1CO. The Kier molecular flexibility index (Phi) is 10.6. The van der Waals surface area contributed by atoms with Crippen molar-refractivity contribution in [3.63, 3.8) is 0 Å². The number of urea groups is 1. The molecule has 10 nitrogen and oxygen atoms in total. The van der Waals surface area contributed by atoms with Crippen molar-refractivity contribution in [2.45, 2.75) is 38.3 Å². The molecule has 1 saturated heterocycles. The lowest BCUT2D eigenvalue weighted by atomic mass is 10.2. The van der Waals surface area contributed by atoms with Crippen LogP contribution in [0.1, 0.15) is 31.2 Å². The van der Waals surface area contributed by atoms with E-state index < -0.39 is 46.8 Å². The average molecular weight is 567 g/mol. The predicted molar refractivity (Wildman–Crippen MR) is 129 cm³/mol. The predicted octanol–water partition coefficient (Wildman–Crippen LogP) is 4.30. The van der Waals surface area contributed by atoms with Crippen LogP contribution < -0.4 is 20.1 Å². The summed E-state index contributed by atoms with van der Waals surface area (Å²) in [6.45, 7) is 1.45. The number of aromatic nitrogens is 1. The van der Waals surface area contributed by atoms with Gasteiger partial charge >= 0.3 is 12.2 Å². The third-order valence-electron chi connectivity index (χ3n) is 5.63. The molecular formula is C22H26ClF3N4O6S. The summed E-state index contributed by atoms with van der Waals surface area (Å²) in [6.07, 6.45) is 2.40. The fraction of sp³-hybridized carbons (Fsp3) is 0.500. The van der Waals surface area contributed by atoms with Gasteiger partial charge in [0.15, 0.2) is 16.6 Å². The van der Waals surface area contributed by atoms with E-state index in [1.807, 2.05) is 0 Å². The van der Waals surface area contributed by atoms with E-state index in [0.29, 0.717) is 30.6 Å². The molecule has 204 valence electrons. The first-order valence-corrected chi connectivity index (χ1v) is 12.5. The largest absolute Gasteiger partial charge is 0.513 e. The van der Waals surface area contributed by atoms with Crippen LogP contribution in [0, 0.1) is 17.5 Å². The molecule has 2 amide bonds. The molecule has 15 heteroatoms. The molecule has 0 aliphatic carbocycles. The van der Waals surface area contributed by atoms with Gasteiger partial charge < -0.3 is 24.6 Å². The highest BCUT2D eigenvalue weighted by atomic mass is 35.5. The first-order valence-electron chi connectivity index (χ1n) is 11.3. The maximum absolute atomic E-state index is 14.1. The van der Waals surface area contributed by atoms with Gasteiger partial charge in [0.2, 0.25) is 5.75 Å². The van der Waals surface area contributed by atoms with Gasteiger partial charge in [0.25, 0.3) is 5.88 Å². The van der Waals surface area contributed by atoms with Crippen LogP contribution >= 0.6 is 23.1 Å². The highest BCUT2D eigenvalue weighted by molar-refractivity contribution is 7.11. The van der Waals surface area contributed by atoms with Gasteiger partial charge in [-0.1, -0.05) is 11.6 Å². The highest BCUT2D eigenvalue weighted by Crippen LogP contribution is 2.40. The molecule has 0 saturated carbocycles. The Balaban J connectivity index is 1.57. The molecule has 1 aromatic carbocycles. The van der Waals surface area contributed by atoms with E-state index in [2.05, 4.69) is 24.6 Å². The second kappa shape index (κ2) is 13.7. The summed E-state index contributed by atoms with van der Waals surface area (Å²) in [7, 11) is 1.05. The molecule has 0 bridgehead atoms. The first-order chi connectivity index (χ1) is 17.7. The zero-order valence-corrected chi connectivity index (χ0v) is 21.4. The minimum absolute atomic E-state index is 0.0380. The van der Waals surface area contributed by atoms with Crippen LogP contribution in [0.5, 0.6) is 11.6 Å². The number of nitrogens with zero attached hydrogens (tertiary/aromatic N) is 2. The van der Waals surface area contributed by atoms with Gasteiger partial charge in [-0.2, -0.15) is 0 Å². The van der Waals surface area contributed by atoms with Gasteiger partial charge in [0, 0.05) is 12.6 Å². The molecule has 3 rings (SSSR count). The Morgan fingerprint density at radius 1 is 1.30 bits per heavy atom. The van der Waals surface area contributed by atoms with Gasteiger partial charge in [-0.25, -0.2) is 22.8 Å². The van der Waals surface area contributed by atoms with E-state index in [4.69, 9.17) is 21.1 Å². The molecule has 1 aromatic heterocycles. The van der Waals surface area contributed by atoms with Crippen molar-refractivity contribution in [1.29, 1.82) is 0 Å². The maximum Gasteiger partial charge on any atom is 0.513 e. The number of hydrogen-bond acceptors (Lipinski definition) is 9. The van der Waals surface area contributed by atoms with Crippen molar-refractivity contribution < 1.29 is 42.1 Å². The van der Waals surface area contributed by atoms with Crippen LogP contribution in [0.4, 0.5) is 27.8 Å². The van der Waals surface area contributed by atoms with Crippen LogP contribution in [0.15, 0.2) is 6.07 Å². The number of hydrogen-bond donors (Lipinski definition) is 3. The summed E-state index contributed by atoms with van der Waals surface area (Å²) < 4.78 is 60.4. The zero-order chi connectivity index (χ0) is 26.9. The summed E-state index contributed by atoms with van der Waals surface area (Å²) in [4.78, 5) is 26.2. The van der Waals surface area contributed by atoms with E-state index in [-0.39, 0.29) is 29.3 Å². The molecule has 2 heterocycles. The molecule has 3 N–H and O–H groups in total. The number of amides is 2. The normalized spacial score (nSPS) is 15.5. The number of carbonyl (C=O) groups excluding carboxylic acids is 2. The Bertz CT molecular complexity index is 1110. The average Bonchev–Trinajstić information content (AvgIpc) is 3.48. The molecule has 1 aliphatic heterocycles. The number of anilines is 1. The number of carbonyl (C=O) groups is 2. The van der Waals surface area contributed by atoms with Gasteiger partial charge in [-0.15, -0.1) is 4.37 Å². The fourth-order valence-corrected chi connectivity index (χ4v) is 4.55. The molecule has 1 unspecified atom stereocenters. The number of halogens is 4. The molecular weight excluding hydrogens is 541 g/mol. The summed E-state index contributed by atoms with van der Waals surface area (Å²) in [5.74, 6) is -4.87. The molecule has 2 aromatic rings. The van der Waals surface area contributed by atoms with Crippen molar-refractivity contribution in [2.24, 2.45) is 0 Å². The van der Waals surface area contributed by atoms with Gasteiger partial charge in [-0.05, 0) is 56.4 Å². The highest BCUT2D eigenvalue weighted by Gasteiger charge is 2.25. The Morgan fingerprint density at radius 3 is 2.81 bits per heavy atom. The molecule has 37 heavy (non-hydrogen) atoms. The van der Waals surface area contributed by atoms with Crippen LogP contribution in [-0.4, -0.2) is 66.0 Å². The summed E-state index contributed by atoms with van der Waals surface area (Å²) >= 11 is 6.10. The van der Waals surface area contributed by atoms with Gasteiger partial charge in [0.1, 0.15) is 12.4 Å². The van der Waals surface area contributed by atoms with Crippen LogP contribution in [0.25, 0.3) is 0 Å². The standard InChI is InChI=1S/C22H26ClF3N4O6S/c1-34-22(33)36-18-19(35-11-13-15(24)9-14(23)17(26)16(13)25)29-37-20(18)28-21(32)27-6-2-3-7-30-8-4-5-12(30)10-31/h9,12,31H,2-8,10-11H2,1H3,(H2,27,28,32). The number of methoxy groups -OCH3 is 1. The fourth-order valence-electron chi connectivity index (χ4n) is 3.72. The van der Waals surface area contributed by atoms with Crippen molar-refractivity contribution in [3.8, 4) is 11.6 Å². The third-order valence-corrected chi connectivity index (χ3v) is 6.63. The van der Waals surface area contributed by atoms with Crippen molar-refractivity contribution >= 4 is 40.3 Å². The van der Waals surface area contributed by atoms with E-state index >= 15 is 0 Å². The van der Waals surface area contributed by atoms with Crippen molar-refractivity contribution in [2.75, 3.05) is 38.7 Å². The second-order valence-corrected chi connectivity index (χ2v) is 9.22. The number of unbranched alkanes of at least 4 members (excludes halogenated alkanes) is 1. The summed E-state index contributed by atoms with van der Waals surface area (Å²) in [5, 5.41) is 13.7. The van der Waals surface area contributed by atoms with E-state index in [0.717, 1.165) is 39.5 Å². The summed E-state index contributed by atoms with van der Waals surface area (Å²) in [6, 6.07) is 0.175. The Hall–Kier alpha value is -2.81. The number of benzene rings is 1. The van der Waals surface area contributed by atoms with Crippen LogP contribution in [0.3, 0.4) is 0 Å². The minimum Gasteiger partial charge on any atom is -0.469 e. The Labute approximate surface area is 219 Å². The smallest absolute Gasteiger partial charge is 0.469 e. The second-order valence-electron chi connectivity index (χ2n) is 8.04. The molecule has 0 radical (unpaired) electrons. The third kappa shape index (κ3) is 7.60. The minimum atomic E-state index is -1.54. The van der Waals surface area contributed by atoms with Gasteiger partial charge in [-0.3, -0.25) is 10.2 Å². The first kappa shape index (κ1) is 28.8. The number of aliphatic hydroxyl groups is 1. The number of ether oxygens (including phenoxy) is 3. The summed E-state index contributed by atoms with van der Waals surface area (Å²) in [5.41, 5.74) is -0.759. The lowest BCUT2D eigenvalue weighted by Gasteiger charge is -2.22. The number of rotatable bonds is 11. The number of likely N-dealkylation sites (tertiary alicyclic amines) is 1. The molecule has 0 spiro atoms. The molecule has 1 fully saturated rings. The lowest BCUT2D eigenvalue weighted by Crippen LogP contribution is -2.34. The monoisotopic (exact) mass is 566 g/mol. The molecule has 1 atom stereocenters. The quantitative estimate of drug-likeness (QED) is 0.159. The zero-order valence-electron chi connectivity index (χ0n) is 19.8. The van der Waals surface area contributed by atoms with E-state index in [1.165, 1.54) is 0 Å². The van der Waals surface area contributed by atoms with Crippen molar-refractivity contribution in [1.82, 2.24) is 14.6 Å². The van der Waals surface area contributed by atoms with Crippen LogP contribution in [0.2, 0.25) is 5.02 Å². The van der Waals surface area contributed by atoms with Crippen molar-refractivity contribution in [3.05, 3.63) is 34.1 Å². The lowest BCUT2D eigenvalue weighted by molar-refractivity contribution is 0.119. The van der Waals surface area contributed by atoms with E-state index in [9.17, 15) is 27.9 Å². The maximum atomic E-state index is 14.1. The molecule has 1 aliphatic rings. The Morgan fingerprint density at radius 2 is 2.08 bits per heavy atom.